The summed E-state index contributed by atoms with van der Waals surface area (Å²) in [6.07, 6.45) is 11.2. The number of aliphatic hydroxyl groups is 2. The second kappa shape index (κ2) is 15.5. The smallest absolute Gasteiger partial charge is 0.328 e. The topological polar surface area (TPSA) is 175 Å². The minimum Gasteiger partial charge on any atom is -0.478 e. The molecule has 0 radical (unpaired) electrons. The highest BCUT2D eigenvalue weighted by Crippen LogP contribution is 2.44. The highest BCUT2D eigenvalue weighted by atomic mass is 16.4. The van der Waals surface area contributed by atoms with Gasteiger partial charge in [-0.2, -0.15) is 0 Å². The minimum absolute atomic E-state index is 0.00572. The van der Waals surface area contributed by atoms with Crippen LogP contribution in [0.5, 0.6) is 0 Å². The number of carboxylic acids is 2. The Morgan fingerprint density at radius 2 is 1.04 bits per heavy atom. The lowest BCUT2D eigenvalue weighted by Crippen LogP contribution is -2.42. The average molecular weight is 683 g/mol. The average Bonchev–Trinajstić information content (AvgIpc) is 3.72. The van der Waals surface area contributed by atoms with E-state index < -0.39 is 11.9 Å². The van der Waals surface area contributed by atoms with Crippen LogP contribution in [0.4, 0.5) is 0 Å². The molecule has 4 aromatic rings. The number of rotatable bonds is 4. The number of fused-ring (bicyclic) bond motifs is 8. The van der Waals surface area contributed by atoms with Crippen molar-refractivity contribution >= 4 is 11.9 Å². The first-order valence-corrected chi connectivity index (χ1v) is 17.4. The SMILES string of the molecule is O=C(O)/C=C/C(=O)O.OCc1cnc2n1CCc1ccccc1C21CCNCC1.OCc1cnc2n1CCc1ccccc1C21CCNCC1. The molecule has 0 atom stereocenters. The van der Waals surface area contributed by atoms with Crippen LogP contribution >= 0.6 is 0 Å². The van der Waals surface area contributed by atoms with Crippen LogP contribution in [0.15, 0.2) is 73.1 Å². The Morgan fingerprint density at radius 3 is 1.40 bits per heavy atom. The van der Waals surface area contributed by atoms with Gasteiger partial charge in [-0.1, -0.05) is 48.5 Å². The van der Waals surface area contributed by atoms with E-state index in [1.807, 2.05) is 12.4 Å². The fourth-order valence-electron chi connectivity index (χ4n) is 8.29. The van der Waals surface area contributed by atoms with E-state index in [2.05, 4.69) is 68.3 Å². The van der Waals surface area contributed by atoms with Crippen molar-refractivity contribution in [2.45, 2.75) is 75.7 Å². The zero-order valence-corrected chi connectivity index (χ0v) is 28.2. The van der Waals surface area contributed by atoms with Crippen molar-refractivity contribution in [2.24, 2.45) is 0 Å². The zero-order valence-electron chi connectivity index (χ0n) is 28.2. The maximum atomic E-state index is 9.60. The highest BCUT2D eigenvalue weighted by molar-refractivity contribution is 5.89. The monoisotopic (exact) mass is 682 g/mol. The van der Waals surface area contributed by atoms with E-state index in [1.54, 1.807) is 0 Å². The maximum Gasteiger partial charge on any atom is 0.328 e. The first-order chi connectivity index (χ1) is 24.3. The molecule has 4 aliphatic heterocycles. The van der Waals surface area contributed by atoms with Crippen LogP contribution in [-0.2, 0) is 59.6 Å². The lowest BCUT2D eigenvalue weighted by molar-refractivity contribution is -0.134. The summed E-state index contributed by atoms with van der Waals surface area (Å²) in [7, 11) is 0. The number of hydrogen-bond donors (Lipinski definition) is 6. The summed E-state index contributed by atoms with van der Waals surface area (Å²) in [6.45, 7) is 6.06. The van der Waals surface area contributed by atoms with Gasteiger partial charge in [0.25, 0.3) is 0 Å². The molecule has 2 spiro atoms. The van der Waals surface area contributed by atoms with E-state index in [0.29, 0.717) is 12.2 Å². The van der Waals surface area contributed by atoms with Crippen molar-refractivity contribution in [3.63, 3.8) is 0 Å². The third-order valence-corrected chi connectivity index (χ3v) is 10.6. The molecule has 2 saturated heterocycles. The van der Waals surface area contributed by atoms with Crippen LogP contribution in [-0.4, -0.2) is 77.6 Å². The molecule has 0 saturated carbocycles. The molecule has 0 aliphatic carbocycles. The maximum absolute atomic E-state index is 9.60. The molecule has 6 heterocycles. The van der Waals surface area contributed by atoms with Gasteiger partial charge in [0.1, 0.15) is 11.6 Å². The van der Waals surface area contributed by atoms with Gasteiger partial charge >= 0.3 is 11.9 Å². The Bertz CT molecular complexity index is 1700. The molecule has 12 heteroatoms. The number of imidazole rings is 2. The fraction of sp³-hybridized carbons (Fsp3) is 0.421. The van der Waals surface area contributed by atoms with Gasteiger partial charge in [-0.25, -0.2) is 19.6 Å². The molecule has 2 aromatic carbocycles. The molecule has 0 unspecified atom stereocenters. The molecule has 4 aliphatic rings. The zero-order chi connectivity index (χ0) is 35.1. The minimum atomic E-state index is -1.26. The molecule has 2 fully saturated rings. The number of aryl methyl sites for hydroxylation is 2. The van der Waals surface area contributed by atoms with Gasteiger partial charge in [-0.05, 0) is 87.0 Å². The molecule has 0 amide bonds. The Kier molecular flexibility index (Phi) is 10.9. The summed E-state index contributed by atoms with van der Waals surface area (Å²) in [5, 5.41) is 41.8. The first-order valence-electron chi connectivity index (χ1n) is 17.4. The summed E-state index contributed by atoms with van der Waals surface area (Å²) in [5.41, 5.74) is 7.66. The standard InChI is InChI=1S/2C17H21N3O.C4H4O4/c2*21-12-14-11-19-16-17(6-8-18-9-7-17)15-4-2-1-3-13(15)5-10-20(14)16;5-3(6)1-2-4(7)8/h2*1-4,11,18,21H,5-10,12H2;1-2H,(H,5,6)(H,7,8)/b;;2-1+. The van der Waals surface area contributed by atoms with Gasteiger partial charge in [0.05, 0.1) is 47.8 Å². The third-order valence-electron chi connectivity index (χ3n) is 10.6. The van der Waals surface area contributed by atoms with Crippen molar-refractivity contribution in [1.82, 2.24) is 29.7 Å². The van der Waals surface area contributed by atoms with Gasteiger partial charge in [0.2, 0.25) is 0 Å². The van der Waals surface area contributed by atoms with Gasteiger partial charge in [0.15, 0.2) is 0 Å². The number of hydrogen-bond acceptors (Lipinski definition) is 8. The lowest BCUT2D eigenvalue weighted by atomic mass is 9.71. The van der Waals surface area contributed by atoms with E-state index in [9.17, 15) is 19.8 Å². The van der Waals surface area contributed by atoms with E-state index in [4.69, 9.17) is 20.2 Å². The van der Waals surface area contributed by atoms with Gasteiger partial charge < -0.3 is 40.2 Å². The Balaban J connectivity index is 0.000000143. The number of aliphatic hydroxyl groups excluding tert-OH is 2. The van der Waals surface area contributed by atoms with E-state index in [1.165, 1.54) is 22.3 Å². The second-order valence-electron chi connectivity index (χ2n) is 13.3. The summed E-state index contributed by atoms with van der Waals surface area (Å²) < 4.78 is 4.51. The highest BCUT2D eigenvalue weighted by Gasteiger charge is 2.43. The van der Waals surface area contributed by atoms with Crippen molar-refractivity contribution in [3.8, 4) is 0 Å². The molecular formula is C38H46N6O6. The molecule has 8 rings (SSSR count). The van der Waals surface area contributed by atoms with Crippen LogP contribution in [0.3, 0.4) is 0 Å². The summed E-state index contributed by atoms with van der Waals surface area (Å²) in [6, 6.07) is 17.6. The fourth-order valence-corrected chi connectivity index (χ4v) is 8.29. The molecule has 50 heavy (non-hydrogen) atoms. The van der Waals surface area contributed by atoms with Gasteiger partial charge in [-0.3, -0.25) is 0 Å². The summed E-state index contributed by atoms with van der Waals surface area (Å²) in [5.74, 6) is -0.212. The number of nitrogens with one attached hydrogen (secondary N) is 2. The number of carboxylic acid groups (broad SMARTS) is 2. The van der Waals surface area contributed by atoms with Crippen molar-refractivity contribution in [2.75, 3.05) is 26.2 Å². The number of aromatic nitrogens is 4. The van der Waals surface area contributed by atoms with Crippen LogP contribution in [0.1, 0.15) is 71.0 Å². The van der Waals surface area contributed by atoms with Crippen LogP contribution in [0, 0.1) is 0 Å². The summed E-state index contributed by atoms with van der Waals surface area (Å²) in [4.78, 5) is 28.6. The van der Waals surface area contributed by atoms with E-state index in [-0.39, 0.29) is 24.0 Å². The molecule has 264 valence electrons. The Morgan fingerprint density at radius 1 is 0.660 bits per heavy atom. The van der Waals surface area contributed by atoms with Crippen molar-refractivity contribution in [3.05, 3.63) is 118 Å². The van der Waals surface area contributed by atoms with Crippen molar-refractivity contribution < 1.29 is 30.0 Å². The van der Waals surface area contributed by atoms with Gasteiger partial charge in [0, 0.05) is 25.2 Å². The van der Waals surface area contributed by atoms with Gasteiger partial charge in [-0.15, -0.1) is 0 Å². The summed E-state index contributed by atoms with van der Waals surface area (Å²) >= 11 is 0. The van der Waals surface area contributed by atoms with E-state index in [0.717, 1.165) is 101 Å². The molecular weight excluding hydrogens is 636 g/mol. The molecule has 6 N–H and O–H groups in total. The number of aliphatic carboxylic acids is 2. The normalized spacial score (nSPS) is 18.2. The molecule has 12 nitrogen and oxygen atoms in total. The Labute approximate surface area is 291 Å². The quantitative estimate of drug-likeness (QED) is 0.176. The number of piperidine rings is 2. The third kappa shape index (κ3) is 6.88. The molecule has 2 aromatic heterocycles. The van der Waals surface area contributed by atoms with Crippen LogP contribution in [0.2, 0.25) is 0 Å². The van der Waals surface area contributed by atoms with Crippen molar-refractivity contribution in [1.29, 1.82) is 0 Å². The van der Waals surface area contributed by atoms with Crippen LogP contribution in [0.25, 0.3) is 0 Å². The lowest BCUT2D eigenvalue weighted by Gasteiger charge is -2.38. The number of carbonyl (C=O) groups is 2. The number of benzene rings is 2. The first kappa shape index (κ1) is 35.2. The second-order valence-corrected chi connectivity index (χ2v) is 13.3. The largest absolute Gasteiger partial charge is 0.478 e. The predicted molar refractivity (Wildman–Crippen MR) is 187 cm³/mol. The molecule has 0 bridgehead atoms. The van der Waals surface area contributed by atoms with E-state index >= 15 is 0 Å². The number of nitrogens with zero attached hydrogens (tertiary/aromatic N) is 4. The predicted octanol–water partition coefficient (Wildman–Crippen LogP) is 2.91. The van der Waals surface area contributed by atoms with Crippen LogP contribution < -0.4 is 10.6 Å². The Hall–Kier alpha value is -4.62.